The van der Waals surface area contributed by atoms with E-state index in [-0.39, 0.29) is 16.6 Å². The number of nitrogens with zero attached hydrogens (tertiary/aromatic N) is 1. The van der Waals surface area contributed by atoms with Gasteiger partial charge in [0.25, 0.3) is 0 Å². The number of hydrogen-bond donors (Lipinski definition) is 0. The van der Waals surface area contributed by atoms with Crippen LogP contribution in [0, 0.1) is 5.41 Å². The monoisotopic (exact) mass is 219 g/mol. The molecule has 0 fully saturated rings. The molecule has 0 N–H and O–H groups in total. The third-order valence-corrected chi connectivity index (χ3v) is 2.55. The van der Waals surface area contributed by atoms with Crippen LogP contribution in [0.2, 0.25) is 0 Å². The molecule has 0 unspecified atom stereocenters. The smallest absolute Gasteiger partial charge is 0.169 e. The third-order valence-electron chi connectivity index (χ3n) is 2.55. The van der Waals surface area contributed by atoms with Crippen LogP contribution in [0.25, 0.3) is 0 Å². The van der Waals surface area contributed by atoms with E-state index in [0.717, 1.165) is 5.56 Å². The van der Waals surface area contributed by atoms with E-state index in [0.29, 0.717) is 5.56 Å². The zero-order valence-electron chi connectivity index (χ0n) is 11.1. The Bertz CT molecular complexity index is 394. The summed E-state index contributed by atoms with van der Waals surface area (Å²) in [5.41, 5.74) is 1.49. The lowest BCUT2D eigenvalue weighted by Crippen LogP contribution is -2.21. The Balaban J connectivity index is 3.14. The van der Waals surface area contributed by atoms with Crippen LogP contribution in [0.1, 0.15) is 57.5 Å². The minimum atomic E-state index is -0.349. The predicted molar refractivity (Wildman–Crippen MR) is 66.7 cm³/mol. The summed E-state index contributed by atoms with van der Waals surface area (Å²) in [6, 6.07) is 1.96. The first kappa shape index (κ1) is 12.9. The molecule has 0 atom stereocenters. The fourth-order valence-electron chi connectivity index (χ4n) is 1.41. The molecule has 0 aliphatic heterocycles. The maximum Gasteiger partial charge on any atom is 0.169 e. The third kappa shape index (κ3) is 2.91. The van der Waals surface area contributed by atoms with E-state index < -0.39 is 0 Å². The van der Waals surface area contributed by atoms with Gasteiger partial charge in [-0.2, -0.15) is 0 Å². The fourth-order valence-corrected chi connectivity index (χ4v) is 1.41. The molecule has 0 spiro atoms. The number of carbonyl (C=O) groups excluding carboxylic acids is 1. The number of hydrogen-bond acceptors (Lipinski definition) is 2. The van der Waals surface area contributed by atoms with Gasteiger partial charge in [0.15, 0.2) is 5.78 Å². The molecule has 1 aromatic heterocycles. The highest BCUT2D eigenvalue weighted by molar-refractivity contribution is 5.99. The largest absolute Gasteiger partial charge is 0.294 e. The molecule has 0 aliphatic carbocycles. The zero-order valence-corrected chi connectivity index (χ0v) is 11.1. The summed E-state index contributed by atoms with van der Waals surface area (Å²) in [6.45, 7) is 12.2. The molecular formula is C14H21NO. The van der Waals surface area contributed by atoms with Gasteiger partial charge in [0.05, 0.1) is 0 Å². The molecule has 1 heterocycles. The summed E-state index contributed by atoms with van der Waals surface area (Å²) in [7, 11) is 0. The van der Waals surface area contributed by atoms with Gasteiger partial charge < -0.3 is 0 Å². The standard InChI is InChI=1S/C14H21NO/c1-13(2,3)11-7-10(8-15-9-11)12(16)14(4,5)6/h7-9H,1-6H3. The van der Waals surface area contributed by atoms with Crippen LogP contribution in [-0.4, -0.2) is 10.8 Å². The lowest BCUT2D eigenvalue weighted by molar-refractivity contribution is 0.0858. The molecule has 88 valence electrons. The molecule has 16 heavy (non-hydrogen) atoms. The summed E-state index contributed by atoms with van der Waals surface area (Å²) in [5.74, 6) is 0.145. The number of Topliss-reactive ketones (excluding diaryl/α,β-unsaturated/α-hetero) is 1. The van der Waals surface area contributed by atoms with Crippen molar-refractivity contribution in [3.63, 3.8) is 0 Å². The Morgan fingerprint density at radius 1 is 1.06 bits per heavy atom. The van der Waals surface area contributed by atoms with Crippen LogP contribution in [0.3, 0.4) is 0 Å². The van der Waals surface area contributed by atoms with Crippen molar-refractivity contribution >= 4 is 5.78 Å². The fraction of sp³-hybridized carbons (Fsp3) is 0.571. The number of rotatable bonds is 1. The lowest BCUT2D eigenvalue weighted by Gasteiger charge is -2.21. The van der Waals surface area contributed by atoms with Gasteiger partial charge in [0.1, 0.15) is 0 Å². The summed E-state index contributed by atoms with van der Waals surface area (Å²) < 4.78 is 0. The van der Waals surface area contributed by atoms with E-state index >= 15 is 0 Å². The number of aromatic nitrogens is 1. The van der Waals surface area contributed by atoms with E-state index in [9.17, 15) is 4.79 Å². The highest BCUT2D eigenvalue weighted by Gasteiger charge is 2.24. The second kappa shape index (κ2) is 4.00. The normalized spacial score (nSPS) is 12.6. The molecule has 1 aromatic rings. The molecule has 2 heteroatoms. The van der Waals surface area contributed by atoms with Crippen molar-refractivity contribution in [1.29, 1.82) is 0 Å². The topological polar surface area (TPSA) is 30.0 Å². The molecule has 0 radical (unpaired) electrons. The summed E-state index contributed by atoms with van der Waals surface area (Å²) in [6.07, 6.45) is 3.49. The minimum Gasteiger partial charge on any atom is -0.294 e. The van der Waals surface area contributed by atoms with E-state index in [2.05, 4.69) is 25.8 Å². The van der Waals surface area contributed by atoms with Crippen molar-refractivity contribution in [3.05, 3.63) is 29.6 Å². The average Bonchev–Trinajstić information content (AvgIpc) is 2.14. The Morgan fingerprint density at radius 3 is 2.06 bits per heavy atom. The highest BCUT2D eigenvalue weighted by atomic mass is 16.1. The Hall–Kier alpha value is -1.18. The lowest BCUT2D eigenvalue weighted by atomic mass is 9.83. The second-order valence-electron chi connectivity index (χ2n) is 6.29. The maximum atomic E-state index is 12.1. The molecule has 0 saturated carbocycles. The van der Waals surface area contributed by atoms with Crippen LogP contribution in [0.15, 0.2) is 18.5 Å². The molecule has 0 amide bonds. The highest BCUT2D eigenvalue weighted by Crippen LogP contribution is 2.25. The molecular weight excluding hydrogens is 198 g/mol. The van der Waals surface area contributed by atoms with E-state index in [1.165, 1.54) is 0 Å². The van der Waals surface area contributed by atoms with Gasteiger partial charge in [0.2, 0.25) is 0 Å². The van der Waals surface area contributed by atoms with Gasteiger partial charge >= 0.3 is 0 Å². The number of carbonyl (C=O) groups is 1. The Kier molecular flexibility index (Phi) is 3.22. The van der Waals surface area contributed by atoms with Gasteiger partial charge in [-0.1, -0.05) is 41.5 Å². The van der Waals surface area contributed by atoms with E-state index in [4.69, 9.17) is 0 Å². The van der Waals surface area contributed by atoms with Crippen molar-refractivity contribution in [3.8, 4) is 0 Å². The Morgan fingerprint density at radius 2 is 1.62 bits per heavy atom. The minimum absolute atomic E-state index is 0.0289. The molecule has 0 aromatic carbocycles. The van der Waals surface area contributed by atoms with E-state index in [1.807, 2.05) is 33.0 Å². The zero-order chi connectivity index (χ0) is 12.6. The van der Waals surface area contributed by atoms with Crippen LogP contribution >= 0.6 is 0 Å². The molecule has 2 nitrogen and oxygen atoms in total. The maximum absolute atomic E-state index is 12.1. The van der Waals surface area contributed by atoms with Gasteiger partial charge in [-0.15, -0.1) is 0 Å². The summed E-state index contributed by atoms with van der Waals surface area (Å²) >= 11 is 0. The van der Waals surface area contributed by atoms with Crippen molar-refractivity contribution in [2.24, 2.45) is 5.41 Å². The van der Waals surface area contributed by atoms with Crippen LogP contribution in [-0.2, 0) is 5.41 Å². The van der Waals surface area contributed by atoms with Crippen LogP contribution < -0.4 is 0 Å². The first-order chi connectivity index (χ1) is 7.12. The first-order valence-electron chi connectivity index (χ1n) is 5.63. The van der Waals surface area contributed by atoms with Crippen molar-refractivity contribution in [2.45, 2.75) is 47.0 Å². The molecule has 0 saturated heterocycles. The van der Waals surface area contributed by atoms with E-state index in [1.54, 1.807) is 6.20 Å². The second-order valence-corrected chi connectivity index (χ2v) is 6.29. The number of ketones is 1. The van der Waals surface area contributed by atoms with Crippen molar-refractivity contribution in [2.75, 3.05) is 0 Å². The first-order valence-corrected chi connectivity index (χ1v) is 5.63. The van der Waals surface area contributed by atoms with Gasteiger partial charge in [-0.3, -0.25) is 9.78 Å². The van der Waals surface area contributed by atoms with Gasteiger partial charge in [-0.05, 0) is 17.0 Å². The Labute approximate surface area is 98.1 Å². The molecule has 0 bridgehead atoms. The van der Waals surface area contributed by atoms with Crippen LogP contribution in [0.4, 0.5) is 0 Å². The summed E-state index contributed by atoms with van der Waals surface area (Å²) in [4.78, 5) is 16.3. The van der Waals surface area contributed by atoms with Gasteiger partial charge in [-0.25, -0.2) is 0 Å². The summed E-state index contributed by atoms with van der Waals surface area (Å²) in [5, 5.41) is 0. The van der Waals surface area contributed by atoms with Crippen molar-refractivity contribution in [1.82, 2.24) is 4.98 Å². The number of pyridine rings is 1. The van der Waals surface area contributed by atoms with Crippen LogP contribution in [0.5, 0.6) is 0 Å². The molecule has 1 rings (SSSR count). The SMILES string of the molecule is CC(C)(C)C(=O)c1cncc(C(C)(C)C)c1. The predicted octanol–water partition coefficient (Wildman–Crippen LogP) is 3.61. The van der Waals surface area contributed by atoms with Gasteiger partial charge in [0, 0.05) is 23.4 Å². The van der Waals surface area contributed by atoms with Crippen molar-refractivity contribution < 1.29 is 4.79 Å². The quantitative estimate of drug-likeness (QED) is 0.675. The molecule has 0 aliphatic rings. The average molecular weight is 219 g/mol.